The molecule has 20 heavy (non-hydrogen) atoms. The van der Waals surface area contributed by atoms with Crippen molar-refractivity contribution in [1.82, 2.24) is 9.88 Å². The Morgan fingerprint density at radius 1 is 1.35 bits per heavy atom. The zero-order valence-corrected chi connectivity index (χ0v) is 13.1. The number of amides is 1. The molecule has 1 N–H and O–H groups in total. The van der Waals surface area contributed by atoms with Gasteiger partial charge in [-0.2, -0.15) is 11.8 Å². The van der Waals surface area contributed by atoms with E-state index in [-0.39, 0.29) is 5.91 Å². The van der Waals surface area contributed by atoms with E-state index >= 15 is 0 Å². The van der Waals surface area contributed by atoms with Crippen LogP contribution in [-0.4, -0.2) is 46.9 Å². The molecule has 1 aliphatic heterocycles. The molecule has 4 nitrogen and oxygen atoms in total. The summed E-state index contributed by atoms with van der Waals surface area (Å²) in [6.07, 6.45) is 1.93. The third-order valence-corrected chi connectivity index (χ3v) is 4.40. The molecule has 1 aromatic heterocycles. The lowest BCUT2D eigenvalue weighted by Gasteiger charge is -2.20. The molecule has 0 aromatic carbocycles. The van der Waals surface area contributed by atoms with Gasteiger partial charge in [0.1, 0.15) is 5.82 Å². The maximum atomic E-state index is 12.6. The molecule has 1 aliphatic rings. The van der Waals surface area contributed by atoms with Gasteiger partial charge in [0.15, 0.2) is 0 Å². The summed E-state index contributed by atoms with van der Waals surface area (Å²) in [5.74, 6) is 3.14. The zero-order chi connectivity index (χ0) is 14.4. The van der Waals surface area contributed by atoms with E-state index in [9.17, 15) is 4.79 Å². The molecule has 1 amide bonds. The first-order valence-corrected chi connectivity index (χ1v) is 8.52. The second-order valence-electron chi connectivity index (χ2n) is 4.87. The van der Waals surface area contributed by atoms with Gasteiger partial charge in [-0.25, -0.2) is 4.98 Å². The first-order valence-electron chi connectivity index (χ1n) is 7.36. The lowest BCUT2D eigenvalue weighted by atomic mass is 10.1. The number of thioether (sulfide) groups is 1. The Bertz CT molecular complexity index is 456. The predicted octanol–water partition coefficient (Wildman–Crippen LogP) is 2.65. The fraction of sp³-hybridized carbons (Fsp3) is 0.600. The molecule has 0 saturated carbocycles. The Morgan fingerprint density at radius 2 is 2.20 bits per heavy atom. The number of aromatic nitrogens is 1. The minimum Gasteiger partial charge on any atom is -0.370 e. The summed E-state index contributed by atoms with van der Waals surface area (Å²) in [6, 6.07) is 3.81. The molecule has 0 bridgehead atoms. The van der Waals surface area contributed by atoms with Gasteiger partial charge in [-0.15, -0.1) is 0 Å². The van der Waals surface area contributed by atoms with Crippen LogP contribution in [0.3, 0.4) is 0 Å². The Hall–Kier alpha value is -1.23. The van der Waals surface area contributed by atoms with Crippen molar-refractivity contribution in [2.24, 2.45) is 0 Å². The molecule has 1 aromatic rings. The van der Waals surface area contributed by atoms with Gasteiger partial charge >= 0.3 is 0 Å². The normalized spacial score (nSPS) is 15.8. The molecule has 110 valence electrons. The second-order valence-corrected chi connectivity index (χ2v) is 6.10. The molecule has 0 unspecified atom stereocenters. The number of anilines is 1. The summed E-state index contributed by atoms with van der Waals surface area (Å²) in [5, 5.41) is 3.21. The van der Waals surface area contributed by atoms with Crippen LogP contribution >= 0.6 is 11.8 Å². The van der Waals surface area contributed by atoms with E-state index in [2.05, 4.69) is 17.2 Å². The average Bonchev–Trinajstić information content (AvgIpc) is 2.75. The predicted molar refractivity (Wildman–Crippen MR) is 85.6 cm³/mol. The van der Waals surface area contributed by atoms with E-state index in [1.165, 1.54) is 0 Å². The standard InChI is InChI=1S/C15H23N3OS/c1-3-13-10-12(11-14(17-13)16-4-2)15(19)18-6-5-8-20-9-7-18/h10-11H,3-9H2,1-2H3,(H,16,17). The van der Waals surface area contributed by atoms with E-state index in [1.54, 1.807) is 0 Å². The monoisotopic (exact) mass is 293 g/mol. The van der Waals surface area contributed by atoms with E-state index in [0.717, 1.165) is 61.1 Å². The maximum Gasteiger partial charge on any atom is 0.254 e. The first-order chi connectivity index (χ1) is 9.74. The third-order valence-electron chi connectivity index (χ3n) is 3.35. The Morgan fingerprint density at radius 3 is 2.95 bits per heavy atom. The number of pyridine rings is 1. The fourth-order valence-corrected chi connectivity index (χ4v) is 3.18. The molecule has 0 radical (unpaired) electrons. The van der Waals surface area contributed by atoms with Crippen LogP contribution in [-0.2, 0) is 6.42 Å². The highest BCUT2D eigenvalue weighted by Crippen LogP contribution is 2.16. The van der Waals surface area contributed by atoms with E-state index in [0.29, 0.717) is 0 Å². The van der Waals surface area contributed by atoms with Crippen LogP contribution in [0.25, 0.3) is 0 Å². The third kappa shape index (κ3) is 3.88. The Labute approximate surface area is 125 Å². The minimum atomic E-state index is 0.142. The van der Waals surface area contributed by atoms with Crippen LogP contribution in [0.4, 0.5) is 5.82 Å². The van der Waals surface area contributed by atoms with Crippen molar-refractivity contribution in [3.05, 3.63) is 23.4 Å². The van der Waals surface area contributed by atoms with Gasteiger partial charge in [0.05, 0.1) is 0 Å². The zero-order valence-electron chi connectivity index (χ0n) is 12.3. The summed E-state index contributed by atoms with van der Waals surface area (Å²) in [6.45, 7) is 6.63. The summed E-state index contributed by atoms with van der Waals surface area (Å²) in [7, 11) is 0. The van der Waals surface area contributed by atoms with Crippen molar-refractivity contribution in [1.29, 1.82) is 0 Å². The summed E-state index contributed by atoms with van der Waals surface area (Å²) < 4.78 is 0. The van der Waals surface area contributed by atoms with Gasteiger partial charge < -0.3 is 10.2 Å². The van der Waals surface area contributed by atoms with Crippen LogP contribution in [0.1, 0.15) is 36.3 Å². The summed E-state index contributed by atoms with van der Waals surface area (Å²) in [5.41, 5.74) is 1.73. The lowest BCUT2D eigenvalue weighted by Crippen LogP contribution is -2.33. The fourth-order valence-electron chi connectivity index (χ4n) is 2.30. The minimum absolute atomic E-state index is 0.142. The second kappa shape index (κ2) is 7.53. The van der Waals surface area contributed by atoms with Crippen molar-refractivity contribution >= 4 is 23.5 Å². The topological polar surface area (TPSA) is 45.2 Å². The number of nitrogens with one attached hydrogen (secondary N) is 1. The van der Waals surface area contributed by atoms with Crippen LogP contribution in [0.5, 0.6) is 0 Å². The van der Waals surface area contributed by atoms with E-state index < -0.39 is 0 Å². The molecule has 5 heteroatoms. The highest BCUT2D eigenvalue weighted by atomic mass is 32.2. The molecule has 2 heterocycles. The van der Waals surface area contributed by atoms with Crippen LogP contribution in [0.15, 0.2) is 12.1 Å². The maximum absolute atomic E-state index is 12.6. The van der Waals surface area contributed by atoms with Gasteiger partial charge in [-0.05, 0) is 37.7 Å². The summed E-state index contributed by atoms with van der Waals surface area (Å²) >= 11 is 1.93. The van der Waals surface area contributed by atoms with Crippen molar-refractivity contribution in [3.63, 3.8) is 0 Å². The molecule has 0 spiro atoms. The highest BCUT2D eigenvalue weighted by molar-refractivity contribution is 7.99. The van der Waals surface area contributed by atoms with Gasteiger partial charge in [-0.1, -0.05) is 6.92 Å². The van der Waals surface area contributed by atoms with Crippen molar-refractivity contribution in [2.75, 3.05) is 36.5 Å². The van der Waals surface area contributed by atoms with Gasteiger partial charge in [0.25, 0.3) is 5.91 Å². The number of hydrogen-bond acceptors (Lipinski definition) is 4. The number of carbonyl (C=O) groups is 1. The van der Waals surface area contributed by atoms with Crippen molar-refractivity contribution in [2.45, 2.75) is 26.7 Å². The number of rotatable bonds is 4. The quantitative estimate of drug-likeness (QED) is 0.927. The largest absolute Gasteiger partial charge is 0.370 e. The number of carbonyl (C=O) groups excluding carboxylic acids is 1. The van der Waals surface area contributed by atoms with Crippen molar-refractivity contribution < 1.29 is 4.79 Å². The van der Waals surface area contributed by atoms with Crippen LogP contribution < -0.4 is 5.32 Å². The molecule has 0 aliphatic carbocycles. The van der Waals surface area contributed by atoms with Crippen LogP contribution in [0, 0.1) is 0 Å². The lowest BCUT2D eigenvalue weighted by molar-refractivity contribution is 0.0768. The van der Waals surface area contributed by atoms with Gasteiger partial charge in [0, 0.05) is 36.6 Å². The molecule has 1 fully saturated rings. The molecular formula is C15H23N3OS. The van der Waals surface area contributed by atoms with Gasteiger partial charge in [-0.3, -0.25) is 4.79 Å². The average molecular weight is 293 g/mol. The van der Waals surface area contributed by atoms with Crippen LogP contribution in [0.2, 0.25) is 0 Å². The van der Waals surface area contributed by atoms with Gasteiger partial charge in [0.2, 0.25) is 0 Å². The molecule has 2 rings (SSSR count). The Balaban J connectivity index is 2.20. The SMILES string of the molecule is CCNc1cc(C(=O)N2CCCSCC2)cc(CC)n1. The number of aryl methyl sites for hydroxylation is 1. The number of hydrogen-bond donors (Lipinski definition) is 1. The summed E-state index contributed by atoms with van der Waals surface area (Å²) in [4.78, 5) is 19.1. The molecule has 0 atom stereocenters. The van der Waals surface area contributed by atoms with E-state index in [4.69, 9.17) is 0 Å². The molecular weight excluding hydrogens is 270 g/mol. The molecule has 1 saturated heterocycles. The smallest absolute Gasteiger partial charge is 0.254 e. The first kappa shape index (κ1) is 15.2. The number of nitrogens with zero attached hydrogens (tertiary/aromatic N) is 2. The Kier molecular flexibility index (Phi) is 5.71. The van der Waals surface area contributed by atoms with E-state index in [1.807, 2.05) is 35.7 Å². The highest BCUT2D eigenvalue weighted by Gasteiger charge is 2.18. The van der Waals surface area contributed by atoms with Crippen molar-refractivity contribution in [3.8, 4) is 0 Å².